The van der Waals surface area contributed by atoms with Gasteiger partial charge in [-0.25, -0.2) is 0 Å². The average molecular weight is 569 g/mol. The molecule has 0 aliphatic heterocycles. The molecule has 0 bridgehead atoms. The van der Waals surface area contributed by atoms with Crippen molar-refractivity contribution in [1.82, 2.24) is 0 Å². The molecule has 0 unspecified atom stereocenters. The van der Waals surface area contributed by atoms with Crippen LogP contribution < -0.4 is 15.9 Å². The summed E-state index contributed by atoms with van der Waals surface area (Å²) in [6, 6.07) is 49.0. The van der Waals surface area contributed by atoms with E-state index in [2.05, 4.69) is 131 Å². The Morgan fingerprint density at radius 3 is 1.03 bits per heavy atom. The van der Waals surface area contributed by atoms with Gasteiger partial charge in [0.2, 0.25) is 0 Å². The monoisotopic (exact) mass is 568 g/mol. The van der Waals surface area contributed by atoms with E-state index in [1.165, 1.54) is 15.9 Å². The van der Waals surface area contributed by atoms with Gasteiger partial charge in [0.1, 0.15) is 0 Å². The fourth-order valence-corrected chi connectivity index (χ4v) is 14.5. The van der Waals surface area contributed by atoms with Crippen LogP contribution in [0.1, 0.15) is 27.9 Å². The topological polar surface area (TPSA) is 40.5 Å². The maximum atomic E-state index is 9.76. The molecule has 0 heterocycles. The number of rotatable bonds is 8. The number of benzene rings is 5. The molecule has 2 nitrogen and oxygen atoms in total. The van der Waals surface area contributed by atoms with Gasteiger partial charge in [-0.2, -0.15) is 0 Å². The van der Waals surface area contributed by atoms with Crippen LogP contribution in [0.25, 0.3) is 0 Å². The van der Waals surface area contributed by atoms with E-state index in [9.17, 15) is 10.2 Å². The van der Waals surface area contributed by atoms with Crippen molar-refractivity contribution >= 4 is 36.7 Å². The van der Waals surface area contributed by atoms with E-state index in [0.717, 1.165) is 22.3 Å². The first kappa shape index (κ1) is 25.6. The first-order valence-electron chi connectivity index (χ1n) is 12.4. The van der Waals surface area contributed by atoms with E-state index < -0.39 is 5.31 Å². The van der Waals surface area contributed by atoms with Crippen molar-refractivity contribution in [2.75, 3.05) is 0 Å². The summed E-state index contributed by atoms with van der Waals surface area (Å²) >= 11 is 4.66. The zero-order chi connectivity index (χ0) is 25.7. The van der Waals surface area contributed by atoms with Crippen LogP contribution in [0.2, 0.25) is 0 Å². The molecular formula is C33H30BrO2P. The number of hydrogen-bond donors (Lipinski definition) is 2. The van der Waals surface area contributed by atoms with E-state index in [4.69, 9.17) is 0 Å². The van der Waals surface area contributed by atoms with E-state index in [1.807, 2.05) is 24.3 Å². The number of aliphatic hydroxyl groups is 2. The van der Waals surface area contributed by atoms with Crippen LogP contribution in [0.5, 0.6) is 0 Å². The minimum absolute atomic E-state index is 0.00408. The molecule has 4 heteroatoms. The van der Waals surface area contributed by atoms with Gasteiger partial charge in [-0.1, -0.05) is 0 Å². The van der Waals surface area contributed by atoms with Crippen molar-refractivity contribution < 1.29 is 10.2 Å². The quantitative estimate of drug-likeness (QED) is 0.207. The fourth-order valence-electron chi connectivity index (χ4n) is 5.42. The van der Waals surface area contributed by atoms with Gasteiger partial charge in [0.15, 0.2) is 0 Å². The van der Waals surface area contributed by atoms with Gasteiger partial charge >= 0.3 is 228 Å². The van der Waals surface area contributed by atoms with Crippen LogP contribution in [0.15, 0.2) is 140 Å². The Bertz CT molecular complexity index is 1290. The second kappa shape index (κ2) is 10.7. The van der Waals surface area contributed by atoms with Gasteiger partial charge in [0.05, 0.1) is 0 Å². The predicted octanol–water partition coefficient (Wildman–Crippen LogP) is 6.60. The molecule has 5 aromatic carbocycles. The van der Waals surface area contributed by atoms with Crippen LogP contribution >= 0.6 is 20.8 Å². The molecule has 2 N–H and O–H groups in total. The van der Waals surface area contributed by atoms with E-state index in [-0.39, 0.29) is 18.9 Å². The number of hydrogen-bond acceptors (Lipinski definition) is 2. The van der Waals surface area contributed by atoms with E-state index in [0.29, 0.717) is 0 Å². The molecule has 0 aromatic heterocycles. The Balaban J connectivity index is 1.97. The first-order chi connectivity index (χ1) is 18.1. The summed E-state index contributed by atoms with van der Waals surface area (Å²) in [5, 5.41) is 19.8. The second-order valence-corrected chi connectivity index (χ2v) is 17.9. The van der Waals surface area contributed by atoms with Crippen molar-refractivity contribution in [3.8, 4) is 0 Å². The molecule has 0 amide bonds. The molecule has 0 saturated heterocycles. The molecule has 0 saturated carbocycles. The van der Waals surface area contributed by atoms with Gasteiger partial charge < -0.3 is 0 Å². The van der Waals surface area contributed by atoms with Gasteiger partial charge in [-0.05, 0) is 0 Å². The summed E-state index contributed by atoms with van der Waals surface area (Å²) in [7, 11) is 0. The summed E-state index contributed by atoms with van der Waals surface area (Å²) < 4.78 is 0. The van der Waals surface area contributed by atoms with Crippen molar-refractivity contribution in [1.29, 1.82) is 0 Å². The fraction of sp³-hybridized carbons (Fsp3) is 0.0909. The molecule has 0 spiro atoms. The van der Waals surface area contributed by atoms with Crippen LogP contribution in [0.3, 0.4) is 0 Å². The third kappa shape index (κ3) is 4.37. The van der Waals surface area contributed by atoms with Gasteiger partial charge in [0, 0.05) is 0 Å². The Kier molecular flexibility index (Phi) is 7.42. The van der Waals surface area contributed by atoms with Crippen molar-refractivity contribution in [3.63, 3.8) is 0 Å². The summed E-state index contributed by atoms with van der Waals surface area (Å²) in [6.07, 6.45) is 0. The molecule has 5 rings (SSSR count). The third-order valence-electron chi connectivity index (χ3n) is 7.22. The van der Waals surface area contributed by atoms with Crippen LogP contribution in [0.4, 0.5) is 0 Å². The Hall–Kier alpha value is -3.07. The molecule has 0 aliphatic carbocycles. The van der Waals surface area contributed by atoms with Gasteiger partial charge in [0.25, 0.3) is 0 Å². The van der Waals surface area contributed by atoms with Crippen LogP contribution in [-0.2, 0) is 13.2 Å². The summed E-state index contributed by atoms with van der Waals surface area (Å²) in [6.45, 7) is 0.00816. The summed E-state index contributed by atoms with van der Waals surface area (Å²) in [5.74, 6) is 0. The van der Waals surface area contributed by atoms with Crippen molar-refractivity contribution in [2.24, 2.45) is 0 Å². The van der Waals surface area contributed by atoms with Crippen molar-refractivity contribution in [2.45, 2.75) is 18.9 Å². The Morgan fingerprint density at radius 1 is 0.459 bits per heavy atom. The zero-order valence-corrected chi connectivity index (χ0v) is 23.0. The van der Waals surface area contributed by atoms with E-state index in [1.54, 1.807) is 0 Å². The second-order valence-electron chi connectivity index (χ2n) is 9.28. The van der Waals surface area contributed by atoms with Crippen LogP contribution in [0, 0.1) is 0 Å². The molecule has 186 valence electrons. The maximum absolute atomic E-state index is 9.76. The minimum atomic E-state index is -3.44. The number of halogens is 1. The standard InChI is InChI=1S/C33H30BrO2P/c34-37(30-10-4-1-5-11-30,31-12-6-2-7-13-31,32-14-8-3-9-15-32)33(28-20-16-26(24-35)17-21-28)29-22-18-27(25-36)19-23-29/h1-23,33,35-36H,24-25H2. The first-order valence-corrected chi connectivity index (χ1v) is 16.7. The molecule has 5 aromatic rings. The Labute approximate surface area is 226 Å². The van der Waals surface area contributed by atoms with Crippen LogP contribution in [-0.4, -0.2) is 10.2 Å². The number of aliphatic hydroxyl groups excluding tert-OH is 2. The molecule has 0 fully saturated rings. The summed E-state index contributed by atoms with van der Waals surface area (Å²) in [4.78, 5) is 0. The van der Waals surface area contributed by atoms with Gasteiger partial charge in [-0.15, -0.1) is 0 Å². The molecule has 0 aliphatic rings. The average Bonchev–Trinajstić information content (AvgIpc) is 2.99. The SMILES string of the molecule is OCc1ccc(C(c2ccc(CO)cc2)P(Br)(c2ccccc2)(c2ccccc2)c2ccccc2)cc1. The van der Waals surface area contributed by atoms with Crippen molar-refractivity contribution in [3.05, 3.63) is 162 Å². The zero-order valence-electron chi connectivity index (χ0n) is 20.5. The normalized spacial score (nSPS) is 12.7. The Morgan fingerprint density at radius 2 is 0.757 bits per heavy atom. The molecule has 37 heavy (non-hydrogen) atoms. The summed E-state index contributed by atoms with van der Waals surface area (Å²) in [5.41, 5.74) is 3.98. The molecule has 0 atom stereocenters. The molecular weight excluding hydrogens is 539 g/mol. The van der Waals surface area contributed by atoms with E-state index >= 15 is 0 Å². The molecule has 0 radical (unpaired) electrons. The predicted molar refractivity (Wildman–Crippen MR) is 161 cm³/mol. The third-order valence-corrected chi connectivity index (χ3v) is 17.6. The van der Waals surface area contributed by atoms with Gasteiger partial charge in [-0.3, -0.25) is 0 Å².